The van der Waals surface area contributed by atoms with Gasteiger partial charge in [0, 0.05) is 24.2 Å². The van der Waals surface area contributed by atoms with Gasteiger partial charge in [0.1, 0.15) is 10.7 Å². The zero-order valence-electron chi connectivity index (χ0n) is 9.65. The third kappa shape index (κ3) is 2.43. The summed E-state index contributed by atoms with van der Waals surface area (Å²) in [6.07, 6.45) is 5.96. The Morgan fingerprint density at radius 2 is 1.94 bits per heavy atom. The number of benzene rings is 1. The first-order valence-electron chi connectivity index (χ1n) is 5.66. The van der Waals surface area contributed by atoms with Crippen LogP contribution in [0.3, 0.4) is 0 Å². The molecule has 0 N–H and O–H groups in total. The number of hydrogen-bond acceptors (Lipinski definition) is 4. The molecule has 1 aromatic carbocycles. The molecule has 0 aliphatic heterocycles. The number of aromatic nitrogens is 3. The van der Waals surface area contributed by atoms with E-state index in [1.165, 1.54) is 5.56 Å². The molecule has 3 aromatic rings. The van der Waals surface area contributed by atoms with Gasteiger partial charge in [-0.15, -0.1) is 11.3 Å². The first kappa shape index (κ1) is 11.0. The van der Waals surface area contributed by atoms with Crippen molar-refractivity contribution in [2.24, 2.45) is 0 Å². The molecule has 0 saturated carbocycles. The van der Waals surface area contributed by atoms with Crippen molar-refractivity contribution in [3.8, 4) is 10.7 Å². The van der Waals surface area contributed by atoms with E-state index < -0.39 is 0 Å². The summed E-state index contributed by atoms with van der Waals surface area (Å²) in [5.74, 6) is 0. The van der Waals surface area contributed by atoms with Crippen LogP contribution < -0.4 is 0 Å². The van der Waals surface area contributed by atoms with E-state index in [0.717, 1.165) is 22.8 Å². The Balaban J connectivity index is 1.82. The predicted molar refractivity (Wildman–Crippen MR) is 72.4 cm³/mol. The van der Waals surface area contributed by atoms with E-state index >= 15 is 0 Å². The Morgan fingerprint density at radius 1 is 1.06 bits per heavy atom. The Morgan fingerprint density at radius 3 is 2.72 bits per heavy atom. The standard InChI is InChI=1S/C14H11N3S/c1-2-4-11(5-3-1)8-12-10-18-14(17-12)13-9-15-6-7-16-13/h1-7,9-10H,8H2. The zero-order chi connectivity index (χ0) is 12.2. The third-order valence-corrected chi connectivity index (χ3v) is 3.48. The average Bonchev–Trinajstić information content (AvgIpc) is 2.89. The van der Waals surface area contributed by atoms with Gasteiger partial charge in [0.15, 0.2) is 0 Å². The maximum Gasteiger partial charge on any atom is 0.143 e. The summed E-state index contributed by atoms with van der Waals surface area (Å²) in [6.45, 7) is 0. The summed E-state index contributed by atoms with van der Waals surface area (Å²) >= 11 is 1.61. The number of rotatable bonds is 3. The quantitative estimate of drug-likeness (QED) is 0.719. The zero-order valence-corrected chi connectivity index (χ0v) is 10.5. The molecule has 3 rings (SSSR count). The minimum absolute atomic E-state index is 0.835. The van der Waals surface area contributed by atoms with Crippen molar-refractivity contribution in [2.75, 3.05) is 0 Å². The van der Waals surface area contributed by atoms with E-state index in [0.29, 0.717) is 0 Å². The van der Waals surface area contributed by atoms with E-state index in [1.807, 2.05) is 18.2 Å². The van der Waals surface area contributed by atoms with Crippen LogP contribution in [0.4, 0.5) is 0 Å². The van der Waals surface area contributed by atoms with Gasteiger partial charge in [0.25, 0.3) is 0 Å². The van der Waals surface area contributed by atoms with E-state index in [2.05, 4.69) is 32.5 Å². The van der Waals surface area contributed by atoms with Crippen molar-refractivity contribution in [3.63, 3.8) is 0 Å². The van der Waals surface area contributed by atoms with Gasteiger partial charge in [-0.3, -0.25) is 9.97 Å². The second-order valence-corrected chi connectivity index (χ2v) is 4.76. The van der Waals surface area contributed by atoms with Gasteiger partial charge in [0.2, 0.25) is 0 Å². The molecule has 0 amide bonds. The second kappa shape index (κ2) is 5.06. The molecule has 0 saturated heterocycles. The van der Waals surface area contributed by atoms with Gasteiger partial charge < -0.3 is 0 Å². The Labute approximate surface area is 109 Å². The lowest BCUT2D eigenvalue weighted by molar-refractivity contribution is 1.10. The molecule has 0 radical (unpaired) electrons. The summed E-state index contributed by atoms with van der Waals surface area (Å²) in [6, 6.07) is 10.3. The second-order valence-electron chi connectivity index (χ2n) is 3.90. The molecule has 0 unspecified atom stereocenters. The first-order valence-corrected chi connectivity index (χ1v) is 6.54. The summed E-state index contributed by atoms with van der Waals surface area (Å²) in [5, 5.41) is 3.01. The number of thiazole rings is 1. The van der Waals surface area contributed by atoms with Crippen LogP contribution in [0.5, 0.6) is 0 Å². The number of hydrogen-bond donors (Lipinski definition) is 0. The Hall–Kier alpha value is -2.07. The van der Waals surface area contributed by atoms with Crippen LogP contribution in [0.25, 0.3) is 10.7 Å². The highest BCUT2D eigenvalue weighted by Gasteiger charge is 2.06. The van der Waals surface area contributed by atoms with Crippen molar-refractivity contribution >= 4 is 11.3 Å². The number of nitrogens with zero attached hydrogens (tertiary/aromatic N) is 3. The fraction of sp³-hybridized carbons (Fsp3) is 0.0714. The van der Waals surface area contributed by atoms with Gasteiger partial charge in [-0.05, 0) is 5.56 Å². The average molecular weight is 253 g/mol. The largest absolute Gasteiger partial charge is 0.261 e. The lowest BCUT2D eigenvalue weighted by Crippen LogP contribution is -1.89. The molecule has 88 valence electrons. The van der Waals surface area contributed by atoms with E-state index in [9.17, 15) is 0 Å². The van der Waals surface area contributed by atoms with Crippen LogP contribution in [0, 0.1) is 0 Å². The van der Waals surface area contributed by atoms with Gasteiger partial charge in [-0.25, -0.2) is 4.98 Å². The van der Waals surface area contributed by atoms with E-state index in [4.69, 9.17) is 0 Å². The summed E-state index contributed by atoms with van der Waals surface area (Å²) in [7, 11) is 0. The van der Waals surface area contributed by atoms with Gasteiger partial charge in [-0.1, -0.05) is 30.3 Å². The maximum absolute atomic E-state index is 4.59. The highest BCUT2D eigenvalue weighted by molar-refractivity contribution is 7.13. The van der Waals surface area contributed by atoms with Crippen LogP contribution in [0.15, 0.2) is 54.3 Å². The molecule has 3 nitrogen and oxygen atoms in total. The van der Waals surface area contributed by atoms with Crippen LogP contribution >= 0.6 is 11.3 Å². The van der Waals surface area contributed by atoms with Crippen molar-refractivity contribution in [2.45, 2.75) is 6.42 Å². The van der Waals surface area contributed by atoms with Crippen molar-refractivity contribution in [3.05, 3.63) is 65.6 Å². The molecule has 2 aromatic heterocycles. The van der Waals surface area contributed by atoms with Gasteiger partial charge in [-0.2, -0.15) is 0 Å². The fourth-order valence-electron chi connectivity index (χ4n) is 1.72. The molecule has 2 heterocycles. The van der Waals surface area contributed by atoms with E-state index in [1.54, 1.807) is 29.9 Å². The summed E-state index contributed by atoms with van der Waals surface area (Å²) in [5.41, 5.74) is 3.18. The van der Waals surface area contributed by atoms with Crippen molar-refractivity contribution in [1.82, 2.24) is 15.0 Å². The lowest BCUT2D eigenvalue weighted by atomic mass is 10.1. The summed E-state index contributed by atoms with van der Waals surface area (Å²) in [4.78, 5) is 12.9. The first-order chi connectivity index (χ1) is 8.92. The SMILES string of the molecule is c1ccc(Cc2csc(-c3cnccn3)n2)cc1. The third-order valence-electron chi connectivity index (χ3n) is 2.56. The van der Waals surface area contributed by atoms with Crippen LogP contribution in [-0.4, -0.2) is 15.0 Å². The smallest absolute Gasteiger partial charge is 0.143 e. The molecule has 0 atom stereocenters. The minimum Gasteiger partial charge on any atom is -0.261 e. The molecule has 0 fully saturated rings. The van der Waals surface area contributed by atoms with Crippen molar-refractivity contribution in [1.29, 1.82) is 0 Å². The molecular weight excluding hydrogens is 242 g/mol. The highest BCUT2D eigenvalue weighted by atomic mass is 32.1. The molecule has 0 aliphatic carbocycles. The van der Waals surface area contributed by atoms with Gasteiger partial charge in [0.05, 0.1) is 11.9 Å². The molecular formula is C14H11N3S. The van der Waals surface area contributed by atoms with Gasteiger partial charge >= 0.3 is 0 Å². The van der Waals surface area contributed by atoms with Crippen LogP contribution in [0.2, 0.25) is 0 Å². The highest BCUT2D eigenvalue weighted by Crippen LogP contribution is 2.22. The Kier molecular flexibility index (Phi) is 3.10. The van der Waals surface area contributed by atoms with Crippen LogP contribution in [0.1, 0.15) is 11.3 Å². The van der Waals surface area contributed by atoms with Crippen LogP contribution in [-0.2, 0) is 6.42 Å². The fourth-order valence-corrected chi connectivity index (χ4v) is 2.50. The Bertz CT molecular complexity index is 620. The normalized spacial score (nSPS) is 10.4. The molecule has 18 heavy (non-hydrogen) atoms. The summed E-state index contributed by atoms with van der Waals surface area (Å²) < 4.78 is 0. The molecule has 0 spiro atoms. The molecule has 4 heteroatoms. The molecule has 0 aliphatic rings. The molecule has 0 bridgehead atoms. The topological polar surface area (TPSA) is 38.7 Å². The monoisotopic (exact) mass is 253 g/mol. The van der Waals surface area contributed by atoms with E-state index in [-0.39, 0.29) is 0 Å². The van der Waals surface area contributed by atoms with Crippen molar-refractivity contribution < 1.29 is 0 Å². The maximum atomic E-state index is 4.59. The lowest BCUT2D eigenvalue weighted by Gasteiger charge is -1.96. The predicted octanol–water partition coefficient (Wildman–Crippen LogP) is 3.19. The minimum atomic E-state index is 0.835.